The van der Waals surface area contributed by atoms with E-state index in [-0.39, 0.29) is 0 Å². The molecule has 8 aromatic rings. The van der Waals surface area contributed by atoms with Crippen molar-refractivity contribution in [1.29, 1.82) is 0 Å². The minimum atomic E-state index is -4.36. The maximum atomic E-state index is 9.70. The first-order valence-electron chi connectivity index (χ1n) is 38.0. The fraction of sp³-hybridized carbons (Fsp3) is 0.429. The molecule has 0 aliphatic heterocycles. The molecule has 0 saturated heterocycles. The summed E-state index contributed by atoms with van der Waals surface area (Å²) in [5, 5.41) is 9.09. The van der Waals surface area contributed by atoms with Crippen LogP contribution in [0.15, 0.2) is 243 Å². The summed E-state index contributed by atoms with van der Waals surface area (Å²) in [5.41, 5.74) is 0. The van der Waals surface area contributed by atoms with Crippen LogP contribution in [0.1, 0.15) is 193 Å². The van der Waals surface area contributed by atoms with Crippen molar-refractivity contribution in [3.63, 3.8) is 0 Å². The van der Waals surface area contributed by atoms with Gasteiger partial charge in [0.25, 0.3) is 0 Å². The summed E-state index contributed by atoms with van der Waals surface area (Å²) in [5.74, 6) is 0. The molecule has 0 bridgehead atoms. The molecule has 6 fully saturated rings. The van der Waals surface area contributed by atoms with Gasteiger partial charge in [-0.3, -0.25) is 0 Å². The third kappa shape index (κ3) is 14.2. The normalized spacial score (nSPS) is 19.5. The van der Waals surface area contributed by atoms with Gasteiger partial charge in [-0.2, -0.15) is 0 Å². The standard InChI is InChI=1S/C48H40O5Si4.6C6H11.2Sn/c49-54(41-25-9-1-10-26-41,42-27-11-2-12-28-42)51-56(45-33-17-5-18-34-45,46-35-19-6-20-36-46)53-57(47-37-21-7-22-38-47,48-39-23-8-24-40-48)52-55(50,43-29-13-3-14-30-43)44-31-15-4-16-32-44;6*1-2-4-6-5-3-1;;/h1-40H;6*1H,2-6H2;;/q-2;;;;;;;2*+1. The van der Waals surface area contributed by atoms with E-state index in [2.05, 4.69) is 243 Å². The van der Waals surface area contributed by atoms with Gasteiger partial charge in [0, 0.05) is 0 Å². The molecular formula is C84H106O5Si4Sn2. The summed E-state index contributed by atoms with van der Waals surface area (Å²) in [6.07, 6.45) is 39.1. The predicted octanol–water partition coefficient (Wildman–Crippen LogP) is 18.0. The van der Waals surface area contributed by atoms with Crippen LogP contribution in [0.4, 0.5) is 0 Å². The van der Waals surface area contributed by atoms with Gasteiger partial charge in [-0.1, -0.05) is 0 Å². The molecule has 8 aromatic carbocycles. The molecule has 0 N–H and O–H groups in total. The second-order valence-electron chi connectivity index (χ2n) is 29.6. The van der Waals surface area contributed by atoms with Crippen molar-refractivity contribution in [2.24, 2.45) is 0 Å². The first kappa shape index (κ1) is 68.2. The summed E-state index contributed by atoms with van der Waals surface area (Å²) >= 11 is -8.35. The summed E-state index contributed by atoms with van der Waals surface area (Å²) in [6, 6.07) is 92.4. The number of rotatable bonds is 24. The molecule has 0 radical (unpaired) electrons. The summed E-state index contributed by atoms with van der Waals surface area (Å²) < 4.78 is 52.0. The summed E-state index contributed by atoms with van der Waals surface area (Å²) in [7, 11) is -16.8. The molecule has 14 rings (SSSR count). The molecule has 0 spiro atoms. The Kier molecular flexibility index (Phi) is 23.1. The van der Waals surface area contributed by atoms with Crippen LogP contribution in [-0.2, 0) is 17.9 Å². The van der Waals surface area contributed by atoms with E-state index in [1.165, 1.54) is 213 Å². The second-order valence-corrected chi connectivity index (χ2v) is 69.3. The molecule has 6 aliphatic carbocycles. The second kappa shape index (κ2) is 32.1. The summed E-state index contributed by atoms with van der Waals surface area (Å²) in [4.78, 5) is 0. The van der Waals surface area contributed by atoms with E-state index in [1.807, 2.05) is 0 Å². The van der Waals surface area contributed by atoms with Crippen LogP contribution < -0.4 is 41.5 Å². The fourth-order valence-electron chi connectivity index (χ4n) is 19.9. The Morgan fingerprint density at radius 1 is 0.179 bits per heavy atom. The van der Waals surface area contributed by atoms with E-state index in [0.29, 0.717) is 23.6 Å². The van der Waals surface area contributed by atoms with Crippen LogP contribution in [0.5, 0.6) is 0 Å². The number of hydrogen-bond acceptors (Lipinski definition) is 5. The van der Waals surface area contributed by atoms with E-state index in [0.717, 1.165) is 20.7 Å². The van der Waals surface area contributed by atoms with Crippen molar-refractivity contribution in [2.75, 3.05) is 0 Å². The van der Waals surface area contributed by atoms with Crippen LogP contribution in [0.3, 0.4) is 0 Å². The number of hydrogen-bond donors (Lipinski definition) is 0. The topological polar surface area (TPSA) is 46.2 Å². The molecule has 95 heavy (non-hydrogen) atoms. The van der Waals surface area contributed by atoms with Gasteiger partial charge in [0.05, 0.1) is 0 Å². The van der Waals surface area contributed by atoms with Crippen molar-refractivity contribution in [3.8, 4) is 0 Å². The molecule has 11 heteroatoms. The van der Waals surface area contributed by atoms with Gasteiger partial charge < -0.3 is 0 Å². The molecule has 0 unspecified atom stereocenters. The molecule has 0 amide bonds. The molecule has 5 nitrogen and oxygen atoms in total. The van der Waals surface area contributed by atoms with Gasteiger partial charge in [0.2, 0.25) is 0 Å². The third-order valence-electron chi connectivity index (χ3n) is 24.2. The quantitative estimate of drug-likeness (QED) is 0.0564. The molecule has 0 heterocycles. The Morgan fingerprint density at radius 2 is 0.316 bits per heavy atom. The fourth-order valence-corrected chi connectivity index (χ4v) is 97.8. The Hall–Kier alpha value is -3.98. The van der Waals surface area contributed by atoms with Gasteiger partial charge in [-0.15, -0.1) is 0 Å². The van der Waals surface area contributed by atoms with E-state index in [9.17, 15) is 17.9 Å². The van der Waals surface area contributed by atoms with Crippen LogP contribution in [-0.4, -0.2) is 71.8 Å². The Bertz CT molecular complexity index is 3080. The Morgan fingerprint density at radius 3 is 0.474 bits per heavy atom. The van der Waals surface area contributed by atoms with Crippen molar-refractivity contribution < 1.29 is 17.9 Å². The number of benzene rings is 8. The minimum absolute atomic E-state index is 0.618. The third-order valence-corrected chi connectivity index (χ3v) is 83.8. The zero-order valence-corrected chi connectivity index (χ0v) is 66.5. The monoisotopic (exact) mass is 1550 g/mol. The zero-order chi connectivity index (χ0) is 64.1. The van der Waals surface area contributed by atoms with Crippen LogP contribution >= 0.6 is 0 Å². The summed E-state index contributed by atoms with van der Waals surface area (Å²) in [6.45, 7) is 0. The van der Waals surface area contributed by atoms with Crippen molar-refractivity contribution >= 4 is 113 Å². The van der Waals surface area contributed by atoms with Crippen molar-refractivity contribution in [2.45, 2.75) is 216 Å². The van der Waals surface area contributed by atoms with Gasteiger partial charge >= 0.3 is 590 Å². The molecular weight excluding hydrogens is 1440 g/mol. The first-order chi connectivity index (χ1) is 47.0. The van der Waals surface area contributed by atoms with Crippen molar-refractivity contribution in [1.82, 2.24) is 0 Å². The van der Waals surface area contributed by atoms with Gasteiger partial charge in [0.1, 0.15) is 0 Å². The SMILES string of the molecule is c1ccc([Si](O[Si](O[Si]([O][Sn]([CH]2CCCCC2)([CH]2CCCCC2)[CH]2CCCCC2)(c2ccccc2)c2ccccc2)(c2ccccc2)c2ccccc2)(O[Si]([O][Sn]([CH]2CCCCC2)([CH]2CCCCC2)[CH]2CCCCC2)(c2ccccc2)c2ccccc2)c2ccccc2)cc1. The molecule has 0 atom stereocenters. The Labute approximate surface area is 584 Å². The van der Waals surface area contributed by atoms with E-state index in [4.69, 9.17) is 0 Å². The molecule has 496 valence electrons. The Balaban J connectivity index is 1.10. The van der Waals surface area contributed by atoms with Crippen LogP contribution in [0.2, 0.25) is 23.6 Å². The van der Waals surface area contributed by atoms with E-state index in [1.54, 1.807) is 0 Å². The molecule has 6 aliphatic rings. The maximum absolute atomic E-state index is 9.70. The zero-order valence-electron chi connectivity index (χ0n) is 56.8. The first-order valence-corrected chi connectivity index (χ1v) is 57.4. The van der Waals surface area contributed by atoms with Gasteiger partial charge in [0.15, 0.2) is 0 Å². The van der Waals surface area contributed by atoms with Crippen LogP contribution in [0.25, 0.3) is 0 Å². The molecule has 0 aromatic heterocycles. The van der Waals surface area contributed by atoms with E-state index >= 15 is 0 Å². The predicted molar refractivity (Wildman–Crippen MR) is 410 cm³/mol. The molecule has 6 saturated carbocycles. The average Bonchev–Trinajstić information content (AvgIpc) is 0.712. The van der Waals surface area contributed by atoms with Crippen molar-refractivity contribution in [3.05, 3.63) is 243 Å². The van der Waals surface area contributed by atoms with Gasteiger partial charge in [-0.05, 0) is 0 Å². The van der Waals surface area contributed by atoms with E-state index < -0.39 is 71.8 Å². The van der Waals surface area contributed by atoms with Gasteiger partial charge in [-0.25, -0.2) is 0 Å². The average molecular weight is 1550 g/mol. The van der Waals surface area contributed by atoms with Crippen LogP contribution in [0, 0.1) is 0 Å².